The molecule has 5 nitrogen and oxygen atoms in total. The second-order valence-electron chi connectivity index (χ2n) is 5.74. The average molecular weight is 290 g/mol. The minimum absolute atomic E-state index is 0.0946. The van der Waals surface area contributed by atoms with Gasteiger partial charge >= 0.3 is 0 Å². The van der Waals surface area contributed by atoms with Gasteiger partial charge in [0.05, 0.1) is 13.0 Å². The number of carbonyl (C=O) groups excluding carboxylic acids is 1. The van der Waals surface area contributed by atoms with Crippen LogP contribution in [0.15, 0.2) is 18.2 Å². The number of benzene rings is 1. The topological polar surface area (TPSA) is 59.6 Å². The van der Waals surface area contributed by atoms with Crippen molar-refractivity contribution in [1.29, 1.82) is 0 Å². The van der Waals surface area contributed by atoms with Gasteiger partial charge in [0.1, 0.15) is 18.1 Å². The van der Waals surface area contributed by atoms with Crippen molar-refractivity contribution >= 4 is 5.91 Å². The number of hydrogen-bond acceptors (Lipinski definition) is 4. The Hall–Kier alpha value is -1.75. The number of rotatable bonds is 3. The number of carbonyl (C=O) groups is 1. The number of methoxy groups -OCH3 is 1. The first-order valence-corrected chi connectivity index (χ1v) is 7.57. The van der Waals surface area contributed by atoms with Crippen molar-refractivity contribution in [3.8, 4) is 11.5 Å². The fourth-order valence-electron chi connectivity index (χ4n) is 2.96. The van der Waals surface area contributed by atoms with E-state index in [-0.39, 0.29) is 17.9 Å². The van der Waals surface area contributed by atoms with Crippen LogP contribution in [0.25, 0.3) is 0 Å². The highest BCUT2D eigenvalue weighted by molar-refractivity contribution is 5.80. The summed E-state index contributed by atoms with van der Waals surface area (Å²) in [5.41, 5.74) is 1.04. The minimum Gasteiger partial charge on any atom is -0.497 e. The monoisotopic (exact) mass is 290 g/mol. The Morgan fingerprint density at radius 3 is 3.14 bits per heavy atom. The van der Waals surface area contributed by atoms with Crippen LogP contribution in [-0.4, -0.2) is 38.8 Å². The molecule has 1 aromatic rings. The van der Waals surface area contributed by atoms with Crippen LogP contribution < -0.4 is 20.1 Å². The van der Waals surface area contributed by atoms with Crippen molar-refractivity contribution in [3.05, 3.63) is 23.8 Å². The van der Waals surface area contributed by atoms with Crippen LogP contribution >= 0.6 is 0 Å². The van der Waals surface area contributed by atoms with Gasteiger partial charge in [0.25, 0.3) is 0 Å². The molecule has 2 atom stereocenters. The van der Waals surface area contributed by atoms with Gasteiger partial charge < -0.3 is 20.1 Å². The molecule has 1 fully saturated rings. The molecule has 1 unspecified atom stereocenters. The molecule has 5 heteroatoms. The second kappa shape index (κ2) is 6.35. The van der Waals surface area contributed by atoms with E-state index in [4.69, 9.17) is 9.47 Å². The molecule has 1 aromatic carbocycles. The van der Waals surface area contributed by atoms with Gasteiger partial charge in [-0.25, -0.2) is 0 Å². The van der Waals surface area contributed by atoms with E-state index in [0.29, 0.717) is 13.0 Å². The Balaban J connectivity index is 1.63. The normalized spacial score (nSPS) is 24.6. The van der Waals surface area contributed by atoms with Gasteiger partial charge in [-0.05, 0) is 49.6 Å². The zero-order valence-electron chi connectivity index (χ0n) is 12.4. The second-order valence-corrected chi connectivity index (χ2v) is 5.74. The van der Waals surface area contributed by atoms with Crippen molar-refractivity contribution in [2.75, 3.05) is 26.8 Å². The van der Waals surface area contributed by atoms with Crippen LogP contribution in [0.5, 0.6) is 11.5 Å². The summed E-state index contributed by atoms with van der Waals surface area (Å²) in [7, 11) is 1.64. The zero-order valence-corrected chi connectivity index (χ0v) is 12.4. The molecule has 21 heavy (non-hydrogen) atoms. The molecule has 114 valence electrons. The van der Waals surface area contributed by atoms with E-state index < -0.39 is 0 Å². The lowest BCUT2D eigenvalue weighted by molar-refractivity contribution is -0.127. The quantitative estimate of drug-likeness (QED) is 0.875. The lowest BCUT2D eigenvalue weighted by atomic mass is 9.95. The summed E-state index contributed by atoms with van der Waals surface area (Å²) >= 11 is 0. The van der Waals surface area contributed by atoms with E-state index in [9.17, 15) is 4.79 Å². The minimum atomic E-state index is -0.119. The highest BCUT2D eigenvalue weighted by Crippen LogP contribution is 2.30. The maximum absolute atomic E-state index is 12.4. The van der Waals surface area contributed by atoms with Crippen molar-refractivity contribution < 1.29 is 14.3 Å². The lowest BCUT2D eigenvalue weighted by Gasteiger charge is -2.29. The Morgan fingerprint density at radius 1 is 1.48 bits per heavy atom. The molecule has 0 spiro atoms. The van der Waals surface area contributed by atoms with Gasteiger partial charge in [0.15, 0.2) is 0 Å². The molecular formula is C16H22N2O3. The molecule has 0 saturated carbocycles. The Morgan fingerprint density at radius 2 is 2.38 bits per heavy atom. The predicted octanol–water partition coefficient (Wildman–Crippen LogP) is 1.11. The molecule has 0 aromatic heterocycles. The first-order chi connectivity index (χ1) is 10.3. The summed E-state index contributed by atoms with van der Waals surface area (Å²) in [6, 6.07) is 6.00. The Bertz CT molecular complexity index is 512. The van der Waals surface area contributed by atoms with E-state index in [1.165, 1.54) is 0 Å². The largest absolute Gasteiger partial charge is 0.497 e. The van der Waals surface area contributed by atoms with Gasteiger partial charge in [-0.3, -0.25) is 4.79 Å². The van der Waals surface area contributed by atoms with Crippen LogP contribution in [-0.2, 0) is 11.2 Å². The van der Waals surface area contributed by atoms with E-state index in [1.807, 2.05) is 18.2 Å². The van der Waals surface area contributed by atoms with Crippen molar-refractivity contribution in [3.63, 3.8) is 0 Å². The molecule has 0 radical (unpaired) electrons. The maximum atomic E-state index is 12.4. The number of nitrogens with one attached hydrogen (secondary N) is 2. The number of amides is 1. The van der Waals surface area contributed by atoms with E-state index in [0.717, 1.165) is 43.0 Å². The maximum Gasteiger partial charge on any atom is 0.227 e. The third-order valence-corrected chi connectivity index (χ3v) is 4.19. The van der Waals surface area contributed by atoms with Crippen molar-refractivity contribution in [1.82, 2.24) is 10.6 Å². The molecule has 3 rings (SSSR count). The highest BCUT2D eigenvalue weighted by atomic mass is 16.5. The molecule has 2 N–H and O–H groups in total. The van der Waals surface area contributed by atoms with Crippen LogP contribution in [0.3, 0.4) is 0 Å². The Kier molecular flexibility index (Phi) is 4.29. The zero-order chi connectivity index (χ0) is 14.7. The average Bonchev–Trinajstić information content (AvgIpc) is 2.54. The van der Waals surface area contributed by atoms with Gasteiger partial charge in [-0.1, -0.05) is 0 Å². The predicted molar refractivity (Wildman–Crippen MR) is 79.7 cm³/mol. The smallest absolute Gasteiger partial charge is 0.227 e. The third kappa shape index (κ3) is 3.29. The molecule has 2 aliphatic heterocycles. The molecule has 1 saturated heterocycles. The van der Waals surface area contributed by atoms with Gasteiger partial charge in [0.2, 0.25) is 5.91 Å². The van der Waals surface area contributed by atoms with Crippen molar-refractivity contribution in [2.24, 2.45) is 5.92 Å². The van der Waals surface area contributed by atoms with Gasteiger partial charge in [0, 0.05) is 12.6 Å². The molecule has 2 heterocycles. The molecule has 0 aliphatic carbocycles. The summed E-state index contributed by atoms with van der Waals surface area (Å²) in [6.45, 7) is 2.36. The lowest BCUT2D eigenvalue weighted by Crippen LogP contribution is -2.49. The molecule has 0 bridgehead atoms. The molecule has 1 amide bonds. The van der Waals surface area contributed by atoms with E-state index in [1.54, 1.807) is 7.11 Å². The SMILES string of the molecule is COc1ccc2c(c1)CC(C(=O)N[C@H]1CCCNC1)CO2. The number of fused-ring (bicyclic) bond motifs is 1. The Labute approximate surface area is 125 Å². The fraction of sp³-hybridized carbons (Fsp3) is 0.562. The van der Waals surface area contributed by atoms with E-state index in [2.05, 4.69) is 10.6 Å². The summed E-state index contributed by atoms with van der Waals surface area (Å²) in [5.74, 6) is 1.64. The van der Waals surface area contributed by atoms with Crippen LogP contribution in [0.2, 0.25) is 0 Å². The fourth-order valence-corrected chi connectivity index (χ4v) is 2.96. The van der Waals surface area contributed by atoms with Gasteiger partial charge in [-0.2, -0.15) is 0 Å². The number of piperidine rings is 1. The van der Waals surface area contributed by atoms with E-state index >= 15 is 0 Å². The van der Waals surface area contributed by atoms with Crippen LogP contribution in [0.4, 0.5) is 0 Å². The van der Waals surface area contributed by atoms with Crippen LogP contribution in [0, 0.1) is 5.92 Å². The number of ether oxygens (including phenoxy) is 2. The standard InChI is InChI=1S/C16H22N2O3/c1-20-14-4-5-15-11(8-14)7-12(10-21-15)16(19)18-13-3-2-6-17-9-13/h4-5,8,12-13,17H,2-3,6-7,9-10H2,1H3,(H,18,19)/t12?,13-/m0/s1. The first-order valence-electron chi connectivity index (χ1n) is 7.57. The van der Waals surface area contributed by atoms with Crippen molar-refractivity contribution in [2.45, 2.75) is 25.3 Å². The molecular weight excluding hydrogens is 268 g/mol. The first kappa shape index (κ1) is 14.2. The van der Waals surface area contributed by atoms with Crippen LogP contribution in [0.1, 0.15) is 18.4 Å². The number of hydrogen-bond donors (Lipinski definition) is 2. The summed E-state index contributed by atoms with van der Waals surface area (Å²) in [5, 5.41) is 6.45. The summed E-state index contributed by atoms with van der Waals surface area (Å²) in [6.07, 6.45) is 2.88. The summed E-state index contributed by atoms with van der Waals surface area (Å²) < 4.78 is 10.9. The highest BCUT2D eigenvalue weighted by Gasteiger charge is 2.28. The summed E-state index contributed by atoms with van der Waals surface area (Å²) in [4.78, 5) is 12.4. The molecule has 2 aliphatic rings. The van der Waals surface area contributed by atoms with Gasteiger partial charge in [-0.15, -0.1) is 0 Å². The third-order valence-electron chi connectivity index (χ3n) is 4.19.